The summed E-state index contributed by atoms with van der Waals surface area (Å²) < 4.78 is 5.55. The Morgan fingerprint density at radius 1 is 1.20 bits per heavy atom. The van der Waals surface area contributed by atoms with Crippen LogP contribution in [0.5, 0.6) is 0 Å². The first-order chi connectivity index (χ1) is 9.63. The minimum atomic E-state index is -0.0790. The molecule has 7 nitrogen and oxygen atoms in total. The molecule has 8 heteroatoms. The third-order valence-corrected chi connectivity index (χ3v) is 4.25. The van der Waals surface area contributed by atoms with Crippen molar-refractivity contribution in [1.82, 2.24) is 19.1 Å². The van der Waals surface area contributed by atoms with E-state index in [9.17, 15) is 4.79 Å². The van der Waals surface area contributed by atoms with Gasteiger partial charge in [-0.05, 0) is 6.92 Å². The molecule has 3 rings (SSSR count). The molecule has 1 fully saturated rings. The highest BCUT2D eigenvalue weighted by atomic mass is 32.1. The van der Waals surface area contributed by atoms with E-state index >= 15 is 0 Å². The second kappa shape index (κ2) is 5.20. The van der Waals surface area contributed by atoms with Gasteiger partial charge in [-0.3, -0.25) is 4.79 Å². The van der Waals surface area contributed by atoms with E-state index in [1.807, 2.05) is 6.92 Å². The summed E-state index contributed by atoms with van der Waals surface area (Å²) in [5.74, 6) is 0.822. The highest BCUT2D eigenvalue weighted by molar-refractivity contribution is 7.09. The van der Waals surface area contributed by atoms with Crippen molar-refractivity contribution in [3.05, 3.63) is 28.4 Å². The van der Waals surface area contributed by atoms with Crippen LogP contribution in [0, 0.1) is 6.92 Å². The van der Waals surface area contributed by atoms with Crippen molar-refractivity contribution in [3.63, 3.8) is 0 Å². The smallest absolute Gasteiger partial charge is 0.268 e. The van der Waals surface area contributed by atoms with Crippen molar-refractivity contribution < 1.29 is 0 Å². The van der Waals surface area contributed by atoms with Gasteiger partial charge in [0.05, 0.1) is 11.9 Å². The van der Waals surface area contributed by atoms with Gasteiger partial charge in [-0.1, -0.05) is 0 Å². The SMILES string of the molecule is Cc1nsc(N2CCN(c3cnn(C)c(=O)c3)CC2)n1. The largest absolute Gasteiger partial charge is 0.367 e. The highest BCUT2D eigenvalue weighted by Crippen LogP contribution is 2.20. The molecular weight excluding hydrogens is 276 g/mol. The molecule has 3 heterocycles. The molecule has 0 unspecified atom stereocenters. The summed E-state index contributed by atoms with van der Waals surface area (Å²) in [6, 6.07) is 1.64. The molecule has 0 N–H and O–H groups in total. The van der Waals surface area contributed by atoms with Gasteiger partial charge in [-0.2, -0.15) is 9.47 Å². The number of aromatic nitrogens is 4. The van der Waals surface area contributed by atoms with E-state index in [2.05, 4.69) is 24.3 Å². The molecule has 0 spiro atoms. The van der Waals surface area contributed by atoms with E-state index in [1.165, 1.54) is 16.2 Å². The average molecular weight is 292 g/mol. The van der Waals surface area contributed by atoms with Gasteiger partial charge in [-0.25, -0.2) is 9.67 Å². The fourth-order valence-electron chi connectivity index (χ4n) is 2.20. The number of rotatable bonds is 2. The van der Waals surface area contributed by atoms with Gasteiger partial charge in [0.15, 0.2) is 0 Å². The van der Waals surface area contributed by atoms with E-state index in [0.717, 1.165) is 42.8 Å². The molecule has 2 aromatic heterocycles. The minimum Gasteiger partial charge on any atom is -0.367 e. The van der Waals surface area contributed by atoms with Crippen molar-refractivity contribution >= 4 is 22.4 Å². The van der Waals surface area contributed by atoms with Gasteiger partial charge >= 0.3 is 0 Å². The molecule has 1 aliphatic rings. The zero-order valence-electron chi connectivity index (χ0n) is 11.5. The van der Waals surface area contributed by atoms with Crippen LogP contribution in [0.15, 0.2) is 17.1 Å². The van der Waals surface area contributed by atoms with Crippen LogP contribution < -0.4 is 15.4 Å². The Labute approximate surface area is 120 Å². The molecule has 1 aliphatic heterocycles. The van der Waals surface area contributed by atoms with Crippen molar-refractivity contribution in [2.45, 2.75) is 6.92 Å². The molecule has 1 saturated heterocycles. The lowest BCUT2D eigenvalue weighted by atomic mass is 10.3. The molecule has 0 atom stereocenters. The summed E-state index contributed by atoms with van der Waals surface area (Å²) in [5, 5.41) is 5.04. The number of piperazine rings is 1. The molecule has 106 valence electrons. The Morgan fingerprint density at radius 3 is 2.50 bits per heavy atom. The van der Waals surface area contributed by atoms with Gasteiger partial charge in [0.2, 0.25) is 5.13 Å². The normalized spacial score (nSPS) is 15.7. The Balaban J connectivity index is 1.69. The first-order valence-corrected chi connectivity index (χ1v) is 7.24. The van der Waals surface area contributed by atoms with Crippen LogP contribution in [-0.2, 0) is 7.05 Å². The summed E-state index contributed by atoms with van der Waals surface area (Å²) in [7, 11) is 1.65. The lowest BCUT2D eigenvalue weighted by molar-refractivity contribution is 0.641. The summed E-state index contributed by atoms with van der Waals surface area (Å²) in [6.07, 6.45) is 1.74. The Kier molecular flexibility index (Phi) is 3.39. The third kappa shape index (κ3) is 2.51. The number of nitrogens with zero attached hydrogens (tertiary/aromatic N) is 6. The van der Waals surface area contributed by atoms with Crippen molar-refractivity contribution in [2.24, 2.45) is 7.05 Å². The Morgan fingerprint density at radius 2 is 1.90 bits per heavy atom. The maximum absolute atomic E-state index is 11.6. The van der Waals surface area contributed by atoms with Crippen LogP contribution >= 0.6 is 11.5 Å². The summed E-state index contributed by atoms with van der Waals surface area (Å²) in [6.45, 7) is 5.37. The fourth-order valence-corrected chi connectivity index (χ4v) is 2.93. The van der Waals surface area contributed by atoms with Crippen molar-refractivity contribution in [3.8, 4) is 0 Å². The van der Waals surface area contributed by atoms with Crippen molar-refractivity contribution in [2.75, 3.05) is 36.0 Å². The van der Waals surface area contributed by atoms with Crippen LogP contribution in [0.4, 0.5) is 10.8 Å². The summed E-state index contributed by atoms with van der Waals surface area (Å²) >= 11 is 1.44. The first-order valence-electron chi connectivity index (χ1n) is 6.47. The number of hydrogen-bond acceptors (Lipinski definition) is 7. The molecular formula is C12H16N6OS. The topological polar surface area (TPSA) is 67.2 Å². The van der Waals surface area contributed by atoms with Crippen LogP contribution in [0.2, 0.25) is 0 Å². The summed E-state index contributed by atoms with van der Waals surface area (Å²) in [5.41, 5.74) is 0.811. The Bertz CT molecular complexity index is 658. The van der Waals surface area contributed by atoms with E-state index in [-0.39, 0.29) is 5.56 Å². The maximum atomic E-state index is 11.6. The second-order valence-corrected chi connectivity index (χ2v) is 5.50. The summed E-state index contributed by atoms with van der Waals surface area (Å²) in [4.78, 5) is 20.4. The fraction of sp³-hybridized carbons (Fsp3) is 0.500. The predicted molar refractivity (Wildman–Crippen MR) is 78.6 cm³/mol. The van der Waals surface area contributed by atoms with E-state index in [0.29, 0.717) is 0 Å². The van der Waals surface area contributed by atoms with Crippen molar-refractivity contribution in [1.29, 1.82) is 0 Å². The van der Waals surface area contributed by atoms with Gasteiger partial charge in [0.1, 0.15) is 5.82 Å². The van der Waals surface area contributed by atoms with Gasteiger partial charge in [0.25, 0.3) is 5.56 Å². The predicted octanol–water partition coefficient (Wildman–Crippen LogP) is 0.267. The molecule has 0 bridgehead atoms. The lowest BCUT2D eigenvalue weighted by Crippen LogP contribution is -2.47. The average Bonchev–Trinajstić information content (AvgIpc) is 2.89. The van der Waals surface area contributed by atoms with E-state index < -0.39 is 0 Å². The van der Waals surface area contributed by atoms with Gasteiger partial charge in [-0.15, -0.1) is 0 Å². The maximum Gasteiger partial charge on any atom is 0.268 e. The third-order valence-electron chi connectivity index (χ3n) is 3.39. The monoisotopic (exact) mass is 292 g/mol. The molecule has 20 heavy (non-hydrogen) atoms. The molecule has 0 aromatic carbocycles. The van der Waals surface area contributed by atoms with E-state index in [1.54, 1.807) is 19.3 Å². The molecule has 0 radical (unpaired) electrons. The molecule has 2 aromatic rings. The molecule has 0 aliphatic carbocycles. The lowest BCUT2D eigenvalue weighted by Gasteiger charge is -2.35. The van der Waals surface area contributed by atoms with Crippen LogP contribution in [0.3, 0.4) is 0 Å². The van der Waals surface area contributed by atoms with Crippen LogP contribution in [0.25, 0.3) is 0 Å². The zero-order valence-corrected chi connectivity index (χ0v) is 12.3. The number of anilines is 2. The second-order valence-electron chi connectivity index (χ2n) is 4.77. The number of aryl methyl sites for hydroxylation is 2. The van der Waals surface area contributed by atoms with Crippen LogP contribution in [0.1, 0.15) is 5.82 Å². The highest BCUT2D eigenvalue weighted by Gasteiger charge is 2.20. The standard InChI is InChI=1S/C12H16N6OS/c1-9-14-12(20-15-9)18-5-3-17(4-6-18)10-7-11(19)16(2)13-8-10/h7-8H,3-6H2,1-2H3. The van der Waals surface area contributed by atoms with Gasteiger partial charge in [0, 0.05) is 50.8 Å². The van der Waals surface area contributed by atoms with E-state index in [4.69, 9.17) is 0 Å². The zero-order chi connectivity index (χ0) is 14.1. The number of hydrogen-bond donors (Lipinski definition) is 0. The van der Waals surface area contributed by atoms with Gasteiger partial charge < -0.3 is 9.80 Å². The first kappa shape index (κ1) is 13.0. The Hall–Kier alpha value is -1.96. The quantitative estimate of drug-likeness (QED) is 0.791. The molecule has 0 saturated carbocycles. The molecule has 0 amide bonds. The van der Waals surface area contributed by atoms with Crippen LogP contribution in [-0.4, -0.2) is 45.3 Å². The minimum absolute atomic E-state index is 0.0790.